The van der Waals surface area contributed by atoms with Crippen LogP contribution >= 0.6 is 0 Å². The smallest absolute Gasteiger partial charge is 0.181 e. The maximum atomic E-state index is 5.75. The number of pyridine rings is 1. The number of nitrogens with two attached hydrogens (primary N) is 1. The number of rotatable bonds is 2. The lowest BCUT2D eigenvalue weighted by Crippen LogP contribution is -2.06. The van der Waals surface area contributed by atoms with Gasteiger partial charge < -0.3 is 5.73 Å². The molecule has 3 N–H and O–H groups in total. The summed E-state index contributed by atoms with van der Waals surface area (Å²) < 4.78 is 0. The summed E-state index contributed by atoms with van der Waals surface area (Å²) in [5.74, 6) is 1.35. The van der Waals surface area contributed by atoms with Crippen LogP contribution in [-0.4, -0.2) is 20.2 Å². The molecule has 0 saturated heterocycles. The second kappa shape index (κ2) is 4.19. The fourth-order valence-electron chi connectivity index (χ4n) is 1.82. The molecule has 90 valence electrons. The van der Waals surface area contributed by atoms with Crippen molar-refractivity contribution in [3.05, 3.63) is 42.4 Å². The Morgan fingerprint density at radius 3 is 2.94 bits per heavy atom. The Hall–Kier alpha value is -2.27. The van der Waals surface area contributed by atoms with Crippen LogP contribution in [0, 0.1) is 0 Å². The Kier molecular flexibility index (Phi) is 2.53. The molecule has 1 unspecified atom stereocenters. The van der Waals surface area contributed by atoms with Gasteiger partial charge in [0.1, 0.15) is 5.82 Å². The van der Waals surface area contributed by atoms with E-state index in [1.807, 2.05) is 37.3 Å². The van der Waals surface area contributed by atoms with Crippen LogP contribution in [0.5, 0.6) is 0 Å². The summed E-state index contributed by atoms with van der Waals surface area (Å²) in [6, 6.07) is 9.74. The Bertz CT molecular complexity index is 686. The molecule has 0 aliphatic rings. The van der Waals surface area contributed by atoms with Crippen molar-refractivity contribution in [2.45, 2.75) is 13.0 Å². The standard InChI is InChI=1S/C13H13N5/c1-8(14)12-16-13(18-17-12)10-4-5-11-9(7-10)3-2-6-15-11/h2-8H,14H2,1H3,(H,16,17,18). The van der Waals surface area contributed by atoms with Gasteiger partial charge in [0.15, 0.2) is 5.82 Å². The van der Waals surface area contributed by atoms with Crippen molar-refractivity contribution >= 4 is 10.9 Å². The van der Waals surface area contributed by atoms with E-state index >= 15 is 0 Å². The first-order valence-corrected chi connectivity index (χ1v) is 5.77. The Morgan fingerprint density at radius 2 is 2.17 bits per heavy atom. The van der Waals surface area contributed by atoms with Gasteiger partial charge in [0.05, 0.1) is 11.6 Å². The van der Waals surface area contributed by atoms with Crippen molar-refractivity contribution in [1.82, 2.24) is 20.2 Å². The molecule has 3 rings (SSSR count). The fourth-order valence-corrected chi connectivity index (χ4v) is 1.82. The third-order valence-electron chi connectivity index (χ3n) is 2.80. The lowest BCUT2D eigenvalue weighted by molar-refractivity contribution is 0.745. The molecule has 1 aromatic carbocycles. The van der Waals surface area contributed by atoms with Crippen molar-refractivity contribution < 1.29 is 0 Å². The SMILES string of the molecule is CC(N)c1nc(-c2ccc3ncccc3c2)n[nH]1. The number of hydrogen-bond acceptors (Lipinski definition) is 4. The van der Waals surface area contributed by atoms with E-state index < -0.39 is 0 Å². The number of aromatic amines is 1. The van der Waals surface area contributed by atoms with Crippen LogP contribution < -0.4 is 5.73 Å². The molecule has 2 aromatic heterocycles. The van der Waals surface area contributed by atoms with Crippen LogP contribution in [-0.2, 0) is 0 Å². The molecule has 0 aliphatic carbocycles. The van der Waals surface area contributed by atoms with Gasteiger partial charge in [-0.3, -0.25) is 10.1 Å². The highest BCUT2D eigenvalue weighted by Crippen LogP contribution is 2.21. The number of nitrogens with one attached hydrogen (secondary N) is 1. The van der Waals surface area contributed by atoms with E-state index in [-0.39, 0.29) is 6.04 Å². The highest BCUT2D eigenvalue weighted by molar-refractivity contribution is 5.82. The Balaban J connectivity index is 2.07. The van der Waals surface area contributed by atoms with Crippen molar-refractivity contribution in [2.24, 2.45) is 5.73 Å². The first-order valence-electron chi connectivity index (χ1n) is 5.77. The summed E-state index contributed by atoms with van der Waals surface area (Å²) in [7, 11) is 0. The first kappa shape index (κ1) is 10.9. The van der Waals surface area contributed by atoms with Gasteiger partial charge >= 0.3 is 0 Å². The molecule has 18 heavy (non-hydrogen) atoms. The average molecular weight is 239 g/mol. The summed E-state index contributed by atoms with van der Waals surface area (Å²) in [6.45, 7) is 1.87. The summed E-state index contributed by atoms with van der Waals surface area (Å²) in [6.07, 6.45) is 1.78. The monoisotopic (exact) mass is 239 g/mol. The normalized spacial score (nSPS) is 12.8. The lowest BCUT2D eigenvalue weighted by atomic mass is 10.1. The van der Waals surface area contributed by atoms with E-state index in [0.29, 0.717) is 11.6 Å². The molecule has 0 bridgehead atoms. The highest BCUT2D eigenvalue weighted by Gasteiger charge is 2.09. The molecule has 0 aliphatic heterocycles. The minimum absolute atomic E-state index is 0.145. The van der Waals surface area contributed by atoms with Gasteiger partial charge in [0, 0.05) is 17.1 Å². The molecule has 3 aromatic rings. The minimum Gasteiger partial charge on any atom is -0.322 e. The number of nitrogens with zero attached hydrogens (tertiary/aromatic N) is 3. The van der Waals surface area contributed by atoms with Crippen molar-refractivity contribution in [3.63, 3.8) is 0 Å². The Morgan fingerprint density at radius 1 is 1.28 bits per heavy atom. The predicted molar refractivity (Wildman–Crippen MR) is 69.7 cm³/mol. The van der Waals surface area contributed by atoms with Gasteiger partial charge in [-0.1, -0.05) is 6.07 Å². The van der Waals surface area contributed by atoms with E-state index in [2.05, 4.69) is 20.2 Å². The number of fused-ring (bicyclic) bond motifs is 1. The van der Waals surface area contributed by atoms with Crippen molar-refractivity contribution in [2.75, 3.05) is 0 Å². The zero-order valence-electron chi connectivity index (χ0n) is 9.96. The maximum Gasteiger partial charge on any atom is 0.181 e. The largest absolute Gasteiger partial charge is 0.322 e. The summed E-state index contributed by atoms with van der Waals surface area (Å²) in [5.41, 5.74) is 7.67. The number of H-pyrrole nitrogens is 1. The fraction of sp³-hybridized carbons (Fsp3) is 0.154. The van der Waals surface area contributed by atoms with Crippen LogP contribution in [0.4, 0.5) is 0 Å². The molecule has 5 heteroatoms. The zero-order valence-corrected chi connectivity index (χ0v) is 9.96. The maximum absolute atomic E-state index is 5.75. The van der Waals surface area contributed by atoms with Gasteiger partial charge in [0.2, 0.25) is 0 Å². The average Bonchev–Trinajstić information content (AvgIpc) is 2.88. The number of hydrogen-bond donors (Lipinski definition) is 2. The molecule has 0 spiro atoms. The van der Waals surface area contributed by atoms with E-state index in [1.54, 1.807) is 6.20 Å². The molecular formula is C13H13N5. The molecule has 0 amide bonds. The number of benzene rings is 1. The predicted octanol–water partition coefficient (Wildman–Crippen LogP) is 2.04. The summed E-state index contributed by atoms with van der Waals surface area (Å²) in [5, 5.41) is 8.10. The van der Waals surface area contributed by atoms with Crippen molar-refractivity contribution in [1.29, 1.82) is 0 Å². The molecule has 5 nitrogen and oxygen atoms in total. The summed E-state index contributed by atoms with van der Waals surface area (Å²) in [4.78, 5) is 8.66. The first-order chi connectivity index (χ1) is 8.74. The quantitative estimate of drug-likeness (QED) is 0.717. The number of aromatic nitrogens is 4. The van der Waals surface area contributed by atoms with Gasteiger partial charge in [-0.05, 0) is 31.2 Å². The van der Waals surface area contributed by atoms with Gasteiger partial charge in [-0.2, -0.15) is 5.10 Å². The molecule has 0 fully saturated rings. The minimum atomic E-state index is -0.145. The highest BCUT2D eigenvalue weighted by atomic mass is 15.2. The molecule has 0 radical (unpaired) electrons. The van der Waals surface area contributed by atoms with Crippen LogP contribution in [0.1, 0.15) is 18.8 Å². The van der Waals surface area contributed by atoms with E-state index in [0.717, 1.165) is 16.5 Å². The second-order valence-corrected chi connectivity index (χ2v) is 4.24. The van der Waals surface area contributed by atoms with Crippen LogP contribution in [0.3, 0.4) is 0 Å². The van der Waals surface area contributed by atoms with Crippen LogP contribution in [0.25, 0.3) is 22.3 Å². The van der Waals surface area contributed by atoms with Crippen LogP contribution in [0.2, 0.25) is 0 Å². The van der Waals surface area contributed by atoms with E-state index in [1.165, 1.54) is 0 Å². The third-order valence-corrected chi connectivity index (χ3v) is 2.80. The van der Waals surface area contributed by atoms with Gasteiger partial charge in [-0.15, -0.1) is 0 Å². The van der Waals surface area contributed by atoms with Crippen LogP contribution in [0.15, 0.2) is 36.5 Å². The zero-order chi connectivity index (χ0) is 12.5. The molecule has 2 heterocycles. The molecular weight excluding hydrogens is 226 g/mol. The summed E-state index contributed by atoms with van der Waals surface area (Å²) >= 11 is 0. The molecule has 1 atom stereocenters. The topological polar surface area (TPSA) is 80.5 Å². The molecule has 0 saturated carbocycles. The third kappa shape index (κ3) is 1.84. The lowest BCUT2D eigenvalue weighted by Gasteiger charge is -1.99. The van der Waals surface area contributed by atoms with Crippen molar-refractivity contribution in [3.8, 4) is 11.4 Å². The Labute approximate surface area is 104 Å². The second-order valence-electron chi connectivity index (χ2n) is 4.24. The van der Waals surface area contributed by atoms with E-state index in [9.17, 15) is 0 Å². The van der Waals surface area contributed by atoms with E-state index in [4.69, 9.17) is 5.73 Å². The van der Waals surface area contributed by atoms with Gasteiger partial charge in [-0.25, -0.2) is 4.98 Å². The van der Waals surface area contributed by atoms with Gasteiger partial charge in [0.25, 0.3) is 0 Å².